The second-order valence-corrected chi connectivity index (χ2v) is 7.06. The molecule has 1 aromatic rings. The van der Waals surface area contributed by atoms with Crippen LogP contribution in [0.25, 0.3) is 0 Å². The lowest BCUT2D eigenvalue weighted by Gasteiger charge is -2.34. The van der Waals surface area contributed by atoms with Crippen LogP contribution in [-0.2, 0) is 14.3 Å². The van der Waals surface area contributed by atoms with Gasteiger partial charge in [-0.05, 0) is 44.4 Å². The Bertz CT molecular complexity index is 860. The molecule has 1 unspecified atom stereocenters. The highest BCUT2D eigenvalue weighted by molar-refractivity contribution is 6.08. The maximum Gasteiger partial charge on any atom is 0.315 e. The predicted octanol–water partition coefficient (Wildman–Crippen LogP) is 3.46. The molecule has 0 aromatic heterocycles. The van der Waals surface area contributed by atoms with E-state index >= 15 is 0 Å². The number of methoxy groups -OCH3 is 3. The van der Waals surface area contributed by atoms with Gasteiger partial charge >= 0.3 is 5.97 Å². The molecule has 0 N–H and O–H groups in total. The van der Waals surface area contributed by atoms with Gasteiger partial charge in [0.2, 0.25) is 5.75 Å². The lowest BCUT2D eigenvalue weighted by atomic mass is 9.71. The number of Topliss-reactive ketones (excluding diaryl/α,β-unsaturated/α-hetero) is 1. The van der Waals surface area contributed by atoms with Crippen molar-refractivity contribution in [3.8, 4) is 17.2 Å². The van der Waals surface area contributed by atoms with E-state index in [9.17, 15) is 9.59 Å². The van der Waals surface area contributed by atoms with Crippen LogP contribution in [0.15, 0.2) is 28.4 Å². The minimum Gasteiger partial charge on any atom is -0.493 e. The molecule has 0 radical (unpaired) electrons. The van der Waals surface area contributed by atoms with Crippen LogP contribution in [0.5, 0.6) is 17.2 Å². The van der Waals surface area contributed by atoms with Gasteiger partial charge in [-0.15, -0.1) is 0 Å². The third kappa shape index (κ3) is 3.73. The Morgan fingerprint density at radius 1 is 1.10 bits per heavy atom. The molecule has 1 heterocycles. The van der Waals surface area contributed by atoms with E-state index in [0.717, 1.165) is 24.1 Å². The van der Waals surface area contributed by atoms with E-state index in [2.05, 4.69) is 4.99 Å². The van der Waals surface area contributed by atoms with Crippen molar-refractivity contribution in [2.45, 2.75) is 39.0 Å². The maximum atomic E-state index is 12.9. The van der Waals surface area contributed by atoms with E-state index in [1.807, 2.05) is 6.92 Å². The van der Waals surface area contributed by atoms with Crippen LogP contribution in [0.3, 0.4) is 0 Å². The van der Waals surface area contributed by atoms with Crippen molar-refractivity contribution >= 4 is 17.5 Å². The third-order valence-corrected chi connectivity index (χ3v) is 5.42. The average Bonchev–Trinajstić information content (AvgIpc) is 2.71. The number of rotatable bonds is 6. The predicted molar refractivity (Wildman–Crippen MR) is 108 cm³/mol. The van der Waals surface area contributed by atoms with Gasteiger partial charge in [0.25, 0.3) is 0 Å². The van der Waals surface area contributed by atoms with E-state index in [1.165, 1.54) is 21.3 Å². The highest BCUT2D eigenvalue weighted by Gasteiger charge is 2.43. The number of hydrogen-bond donors (Lipinski definition) is 0. The lowest BCUT2D eigenvalue weighted by molar-refractivity contribution is -0.146. The SMILES string of the molecule is CCOC(=O)C1C(C)=NC2=C(C(=O)CCC2)[C@H]1c1cc(OC)c(OC)c(OC)c1. The summed E-state index contributed by atoms with van der Waals surface area (Å²) in [6.07, 6.45) is 1.93. The molecule has 0 amide bonds. The van der Waals surface area contributed by atoms with Gasteiger partial charge in [-0.3, -0.25) is 14.6 Å². The van der Waals surface area contributed by atoms with Crippen LogP contribution >= 0.6 is 0 Å². The lowest BCUT2D eigenvalue weighted by Crippen LogP contribution is -2.37. The van der Waals surface area contributed by atoms with Crippen LogP contribution in [-0.4, -0.2) is 45.4 Å². The molecular formula is C22H27NO6. The monoisotopic (exact) mass is 401 g/mol. The second kappa shape index (κ2) is 8.68. The van der Waals surface area contributed by atoms with E-state index in [0.29, 0.717) is 35.0 Å². The first-order valence-electron chi connectivity index (χ1n) is 9.74. The number of carbonyl (C=O) groups is 2. The number of ether oxygens (including phenoxy) is 4. The zero-order valence-corrected chi connectivity index (χ0v) is 17.5. The largest absolute Gasteiger partial charge is 0.493 e. The van der Waals surface area contributed by atoms with Crippen molar-refractivity contribution in [3.05, 3.63) is 29.0 Å². The van der Waals surface area contributed by atoms with Gasteiger partial charge in [0.15, 0.2) is 17.3 Å². The molecule has 2 atom stereocenters. The van der Waals surface area contributed by atoms with E-state index < -0.39 is 17.8 Å². The van der Waals surface area contributed by atoms with E-state index in [1.54, 1.807) is 19.1 Å². The summed E-state index contributed by atoms with van der Waals surface area (Å²) in [5.74, 6) is -0.170. The minimum atomic E-state index is -0.682. The fourth-order valence-corrected chi connectivity index (χ4v) is 4.18. The van der Waals surface area contributed by atoms with Gasteiger partial charge in [-0.25, -0.2) is 0 Å². The number of benzene rings is 1. The van der Waals surface area contributed by atoms with Crippen LogP contribution in [0, 0.1) is 5.92 Å². The molecule has 0 bridgehead atoms. The number of allylic oxidation sites excluding steroid dienone is 2. The molecule has 7 heteroatoms. The molecule has 0 fully saturated rings. The number of aliphatic imine (C=N–C) groups is 1. The third-order valence-electron chi connectivity index (χ3n) is 5.42. The van der Waals surface area contributed by atoms with Gasteiger partial charge < -0.3 is 18.9 Å². The van der Waals surface area contributed by atoms with Crippen LogP contribution in [0.1, 0.15) is 44.6 Å². The Kier molecular flexibility index (Phi) is 6.25. The fraction of sp³-hybridized carbons (Fsp3) is 0.500. The number of hydrogen-bond acceptors (Lipinski definition) is 7. The average molecular weight is 401 g/mol. The quantitative estimate of drug-likeness (QED) is 0.679. The number of carbonyl (C=O) groups excluding carboxylic acids is 2. The first-order valence-corrected chi connectivity index (χ1v) is 9.74. The van der Waals surface area contributed by atoms with Crippen LogP contribution in [0.2, 0.25) is 0 Å². The smallest absolute Gasteiger partial charge is 0.315 e. The molecule has 2 aliphatic rings. The highest BCUT2D eigenvalue weighted by atomic mass is 16.5. The molecule has 156 valence electrons. The fourth-order valence-electron chi connectivity index (χ4n) is 4.18. The Labute approximate surface area is 170 Å². The molecule has 0 spiro atoms. The van der Waals surface area contributed by atoms with E-state index in [4.69, 9.17) is 18.9 Å². The van der Waals surface area contributed by atoms with Gasteiger partial charge in [0.1, 0.15) is 5.92 Å². The molecule has 1 aliphatic heterocycles. The minimum absolute atomic E-state index is 0.0237. The summed E-state index contributed by atoms with van der Waals surface area (Å²) in [5.41, 5.74) is 2.73. The van der Waals surface area contributed by atoms with Crippen molar-refractivity contribution in [1.82, 2.24) is 0 Å². The highest BCUT2D eigenvalue weighted by Crippen LogP contribution is 2.47. The summed E-state index contributed by atoms with van der Waals surface area (Å²) in [6, 6.07) is 3.59. The molecule has 1 aromatic carbocycles. The second-order valence-electron chi connectivity index (χ2n) is 7.06. The summed E-state index contributed by atoms with van der Waals surface area (Å²) < 4.78 is 21.7. The molecule has 7 nitrogen and oxygen atoms in total. The van der Waals surface area contributed by atoms with Gasteiger partial charge in [0, 0.05) is 29.3 Å². The molecular weight excluding hydrogens is 374 g/mol. The molecule has 0 saturated carbocycles. The molecule has 29 heavy (non-hydrogen) atoms. The summed E-state index contributed by atoms with van der Waals surface area (Å²) >= 11 is 0. The molecule has 3 rings (SSSR count). The van der Waals surface area contributed by atoms with Crippen molar-refractivity contribution < 1.29 is 28.5 Å². The molecule has 0 saturated heterocycles. The normalized spacial score (nSPS) is 21.3. The number of esters is 1. The van der Waals surface area contributed by atoms with Crippen molar-refractivity contribution in [1.29, 1.82) is 0 Å². The molecule has 1 aliphatic carbocycles. The Morgan fingerprint density at radius 2 is 1.76 bits per heavy atom. The maximum absolute atomic E-state index is 12.9. The zero-order chi connectivity index (χ0) is 21.1. The standard InChI is InChI=1S/C22H27NO6/c1-6-29-22(25)18-12(2)23-14-8-7-9-15(24)20(14)19(18)13-10-16(26-3)21(28-5)17(11-13)27-4/h10-11,18-19H,6-9H2,1-5H3/t18?,19-/m0/s1. The Morgan fingerprint density at radius 3 is 2.31 bits per heavy atom. The first kappa shape index (κ1) is 20.9. The van der Waals surface area contributed by atoms with Crippen LogP contribution in [0.4, 0.5) is 0 Å². The summed E-state index contributed by atoms with van der Waals surface area (Å²) in [5, 5.41) is 0. The number of nitrogens with zero attached hydrogens (tertiary/aromatic N) is 1. The van der Waals surface area contributed by atoms with Crippen LogP contribution < -0.4 is 14.2 Å². The van der Waals surface area contributed by atoms with Crippen molar-refractivity contribution in [2.75, 3.05) is 27.9 Å². The van der Waals surface area contributed by atoms with E-state index in [-0.39, 0.29) is 12.4 Å². The Hall–Kier alpha value is -2.83. The topological polar surface area (TPSA) is 83.4 Å². The first-order chi connectivity index (χ1) is 14.0. The van der Waals surface area contributed by atoms with Gasteiger partial charge in [0.05, 0.1) is 27.9 Å². The number of ketones is 1. The summed E-state index contributed by atoms with van der Waals surface area (Å²) in [4.78, 5) is 30.4. The van der Waals surface area contributed by atoms with Crippen molar-refractivity contribution in [2.24, 2.45) is 10.9 Å². The van der Waals surface area contributed by atoms with Crippen molar-refractivity contribution in [3.63, 3.8) is 0 Å². The summed E-state index contributed by atoms with van der Waals surface area (Å²) in [6.45, 7) is 3.83. The van der Waals surface area contributed by atoms with Gasteiger partial charge in [-0.2, -0.15) is 0 Å². The zero-order valence-electron chi connectivity index (χ0n) is 17.5. The summed E-state index contributed by atoms with van der Waals surface area (Å²) in [7, 11) is 4.60. The Balaban J connectivity index is 2.23. The van der Waals surface area contributed by atoms with Gasteiger partial charge in [-0.1, -0.05) is 0 Å².